The zero-order valence-corrected chi connectivity index (χ0v) is 16.1. The Morgan fingerprint density at radius 3 is 2.38 bits per heavy atom. The van der Waals surface area contributed by atoms with Crippen LogP contribution in [0.25, 0.3) is 0 Å². The summed E-state index contributed by atoms with van der Waals surface area (Å²) in [5, 5.41) is 2.52. The van der Waals surface area contributed by atoms with Crippen LogP contribution in [0.1, 0.15) is 16.7 Å². The Labute approximate surface area is 153 Å². The van der Waals surface area contributed by atoms with Crippen molar-refractivity contribution in [3.05, 3.63) is 53.1 Å². The van der Waals surface area contributed by atoms with Crippen molar-refractivity contribution in [1.82, 2.24) is 5.32 Å². The van der Waals surface area contributed by atoms with Crippen LogP contribution in [0.15, 0.2) is 41.3 Å². The fourth-order valence-corrected chi connectivity index (χ4v) is 5.30. The second-order valence-corrected chi connectivity index (χ2v) is 8.25. The number of rotatable bonds is 3. The molecule has 26 heavy (non-hydrogen) atoms. The number of aryl methyl sites for hydroxylation is 3. The highest BCUT2D eigenvalue weighted by atomic mass is 32.2. The van der Waals surface area contributed by atoms with Gasteiger partial charge in [-0.1, -0.05) is 29.8 Å². The molecule has 1 N–H and O–H groups in total. The van der Waals surface area contributed by atoms with Gasteiger partial charge >= 0.3 is 0 Å². The maximum absolute atomic E-state index is 13.5. The molecule has 1 amide bonds. The Morgan fingerprint density at radius 1 is 1.15 bits per heavy atom. The number of para-hydroxylation sites is 2. The minimum atomic E-state index is -3.85. The van der Waals surface area contributed by atoms with Gasteiger partial charge in [-0.25, -0.2) is 8.42 Å². The number of hydrogen-bond donors (Lipinski definition) is 1. The summed E-state index contributed by atoms with van der Waals surface area (Å²) in [6, 6.07) is 10.6. The van der Waals surface area contributed by atoms with Gasteiger partial charge in [-0.15, -0.1) is 0 Å². The first-order valence-electron chi connectivity index (χ1n) is 8.33. The van der Waals surface area contributed by atoms with Crippen LogP contribution < -0.4 is 14.4 Å². The molecule has 1 atom stereocenters. The molecule has 0 saturated carbocycles. The van der Waals surface area contributed by atoms with Gasteiger partial charge in [0.05, 0.1) is 17.1 Å². The largest absolute Gasteiger partial charge is 0.476 e. The molecule has 1 aliphatic rings. The summed E-state index contributed by atoms with van der Waals surface area (Å²) in [6.07, 6.45) is -0.907. The monoisotopic (exact) mass is 374 g/mol. The summed E-state index contributed by atoms with van der Waals surface area (Å²) in [6.45, 7) is 5.43. The number of anilines is 1. The average molecular weight is 374 g/mol. The molecule has 0 saturated heterocycles. The molecule has 0 aliphatic carbocycles. The fraction of sp³-hybridized carbons (Fsp3) is 0.316. The number of hydrogen-bond acceptors (Lipinski definition) is 4. The van der Waals surface area contributed by atoms with Crippen molar-refractivity contribution in [2.75, 3.05) is 17.9 Å². The normalized spacial score (nSPS) is 16.6. The Hall–Kier alpha value is -2.54. The van der Waals surface area contributed by atoms with Crippen LogP contribution in [0.2, 0.25) is 0 Å². The molecule has 7 heteroatoms. The van der Waals surface area contributed by atoms with Crippen LogP contribution >= 0.6 is 0 Å². The van der Waals surface area contributed by atoms with Crippen molar-refractivity contribution in [3.63, 3.8) is 0 Å². The number of fused-ring (bicyclic) bond motifs is 1. The Morgan fingerprint density at radius 2 is 1.77 bits per heavy atom. The zero-order valence-electron chi connectivity index (χ0n) is 15.2. The minimum Gasteiger partial charge on any atom is -0.476 e. The van der Waals surface area contributed by atoms with Crippen molar-refractivity contribution in [1.29, 1.82) is 0 Å². The van der Waals surface area contributed by atoms with E-state index in [0.29, 0.717) is 22.6 Å². The van der Waals surface area contributed by atoms with E-state index in [1.807, 2.05) is 19.1 Å². The van der Waals surface area contributed by atoms with Crippen LogP contribution in [-0.4, -0.2) is 34.0 Å². The van der Waals surface area contributed by atoms with Crippen LogP contribution in [0.3, 0.4) is 0 Å². The van der Waals surface area contributed by atoms with Crippen molar-refractivity contribution in [2.45, 2.75) is 31.8 Å². The summed E-state index contributed by atoms with van der Waals surface area (Å²) in [5.41, 5.74) is 2.81. The summed E-state index contributed by atoms with van der Waals surface area (Å²) in [5.74, 6) is 0.00963. The number of benzene rings is 2. The number of nitrogens with one attached hydrogen (secondary N) is 1. The Kier molecular flexibility index (Phi) is 4.66. The van der Waals surface area contributed by atoms with Crippen molar-refractivity contribution >= 4 is 21.6 Å². The van der Waals surface area contributed by atoms with E-state index in [4.69, 9.17) is 4.74 Å². The van der Waals surface area contributed by atoms with Crippen molar-refractivity contribution in [2.24, 2.45) is 0 Å². The third-order valence-corrected chi connectivity index (χ3v) is 6.51. The summed E-state index contributed by atoms with van der Waals surface area (Å²) in [4.78, 5) is 12.4. The molecular formula is C19H22N2O4S. The molecule has 6 nitrogen and oxygen atoms in total. The van der Waals surface area contributed by atoms with E-state index in [9.17, 15) is 13.2 Å². The van der Waals surface area contributed by atoms with Crippen LogP contribution in [0, 0.1) is 20.8 Å². The lowest BCUT2D eigenvalue weighted by atomic mass is 10.1. The molecule has 0 aromatic heterocycles. The predicted molar refractivity (Wildman–Crippen MR) is 100 cm³/mol. The molecule has 2 aromatic rings. The summed E-state index contributed by atoms with van der Waals surface area (Å²) in [7, 11) is -2.36. The smallest absolute Gasteiger partial charge is 0.265 e. The van der Waals surface area contributed by atoms with Crippen LogP contribution in [-0.2, 0) is 14.8 Å². The van der Waals surface area contributed by atoms with Crippen LogP contribution in [0.5, 0.6) is 5.75 Å². The number of ether oxygens (including phenoxy) is 1. The number of likely N-dealkylation sites (N-methyl/N-ethyl adjacent to an activating group) is 1. The molecule has 3 rings (SSSR count). The highest BCUT2D eigenvalue weighted by Crippen LogP contribution is 2.38. The number of carbonyl (C=O) groups excluding carboxylic acids is 1. The van der Waals surface area contributed by atoms with Gasteiger partial charge in [0.2, 0.25) is 0 Å². The average Bonchev–Trinajstić information content (AvgIpc) is 2.58. The molecule has 0 spiro atoms. The SMILES string of the molecule is CNC(=O)C1CN(S(=O)(=O)c2c(C)cc(C)cc2C)c2ccccc2O1. The van der Waals surface area contributed by atoms with Crippen molar-refractivity contribution in [3.8, 4) is 5.75 Å². The second kappa shape index (κ2) is 6.64. The highest BCUT2D eigenvalue weighted by molar-refractivity contribution is 7.93. The van der Waals surface area contributed by atoms with E-state index >= 15 is 0 Å². The lowest BCUT2D eigenvalue weighted by Gasteiger charge is -2.35. The quantitative estimate of drug-likeness (QED) is 0.895. The Balaban J connectivity index is 2.16. The molecule has 1 heterocycles. The lowest BCUT2D eigenvalue weighted by molar-refractivity contribution is -0.127. The van der Waals surface area contributed by atoms with Gasteiger partial charge in [0.25, 0.3) is 15.9 Å². The van der Waals surface area contributed by atoms with Crippen molar-refractivity contribution < 1.29 is 17.9 Å². The highest BCUT2D eigenvalue weighted by Gasteiger charge is 2.38. The Bertz CT molecular complexity index is 946. The van der Waals surface area contributed by atoms with Gasteiger partial charge in [0, 0.05) is 7.05 Å². The molecule has 0 fully saturated rings. The van der Waals surface area contributed by atoms with Gasteiger partial charge < -0.3 is 10.1 Å². The van der Waals surface area contributed by atoms with E-state index in [1.54, 1.807) is 38.1 Å². The second-order valence-electron chi connectivity index (χ2n) is 6.45. The molecule has 138 valence electrons. The standard InChI is InChI=1S/C19H22N2O4S/c1-12-9-13(2)18(14(3)10-12)26(23,24)21-11-17(19(22)20-4)25-16-8-6-5-7-15(16)21/h5-10,17H,11H2,1-4H3,(H,20,22). The van der Waals surface area contributed by atoms with E-state index < -0.39 is 16.1 Å². The number of carbonyl (C=O) groups is 1. The zero-order chi connectivity index (χ0) is 19.1. The molecule has 1 unspecified atom stereocenters. The van der Waals surface area contributed by atoms with E-state index in [1.165, 1.54) is 11.4 Å². The van der Waals surface area contributed by atoms with Gasteiger partial charge in [-0.2, -0.15) is 0 Å². The number of nitrogens with zero attached hydrogens (tertiary/aromatic N) is 1. The molecule has 2 aromatic carbocycles. The molecule has 1 aliphatic heterocycles. The minimum absolute atomic E-state index is 0.0776. The fourth-order valence-electron chi connectivity index (χ4n) is 3.41. The maximum Gasteiger partial charge on any atom is 0.265 e. The van der Waals surface area contributed by atoms with E-state index in [2.05, 4.69) is 5.32 Å². The molecule has 0 bridgehead atoms. The van der Waals surface area contributed by atoms with Gasteiger partial charge in [-0.05, 0) is 44.0 Å². The lowest BCUT2D eigenvalue weighted by Crippen LogP contribution is -2.50. The predicted octanol–water partition coefficient (Wildman–Crippen LogP) is 2.31. The van der Waals surface area contributed by atoms with E-state index in [-0.39, 0.29) is 17.3 Å². The first-order chi connectivity index (χ1) is 12.3. The summed E-state index contributed by atoms with van der Waals surface area (Å²) >= 11 is 0. The topological polar surface area (TPSA) is 75.7 Å². The van der Waals surface area contributed by atoms with Crippen LogP contribution in [0.4, 0.5) is 5.69 Å². The molecular weight excluding hydrogens is 352 g/mol. The summed E-state index contributed by atoms with van der Waals surface area (Å²) < 4.78 is 34.0. The third-order valence-electron chi connectivity index (χ3n) is 4.43. The number of amides is 1. The van der Waals surface area contributed by atoms with Gasteiger partial charge in [0.15, 0.2) is 6.10 Å². The van der Waals surface area contributed by atoms with Gasteiger partial charge in [0.1, 0.15) is 5.75 Å². The van der Waals surface area contributed by atoms with E-state index in [0.717, 1.165) is 5.56 Å². The van der Waals surface area contributed by atoms with Gasteiger partial charge in [-0.3, -0.25) is 9.10 Å². The third kappa shape index (κ3) is 3.03. The maximum atomic E-state index is 13.5. The first-order valence-corrected chi connectivity index (χ1v) is 9.77. The molecule has 0 radical (unpaired) electrons. The first kappa shape index (κ1) is 18.3. The number of sulfonamides is 1.